The summed E-state index contributed by atoms with van der Waals surface area (Å²) < 4.78 is 11.9. The van der Waals surface area contributed by atoms with Crippen LogP contribution in [0.1, 0.15) is 25.3 Å². The number of hydrogen-bond acceptors (Lipinski definition) is 7. The average molecular weight is 428 g/mol. The molecule has 3 rings (SSSR count). The van der Waals surface area contributed by atoms with E-state index in [-0.39, 0.29) is 11.7 Å². The summed E-state index contributed by atoms with van der Waals surface area (Å²) in [6.07, 6.45) is 0. The second-order valence-electron chi connectivity index (χ2n) is 6.86. The monoisotopic (exact) mass is 427 g/mol. The highest BCUT2D eigenvalue weighted by molar-refractivity contribution is 7.99. The van der Waals surface area contributed by atoms with Crippen LogP contribution in [0.25, 0.3) is 11.4 Å². The van der Waals surface area contributed by atoms with Crippen molar-refractivity contribution in [3.8, 4) is 22.9 Å². The number of thioether (sulfide) groups is 1. The van der Waals surface area contributed by atoms with E-state index in [9.17, 15) is 4.79 Å². The van der Waals surface area contributed by atoms with Crippen LogP contribution in [-0.4, -0.2) is 40.8 Å². The third-order valence-electron chi connectivity index (χ3n) is 4.48. The van der Waals surface area contributed by atoms with Crippen LogP contribution in [0.2, 0.25) is 0 Å². The molecule has 0 saturated heterocycles. The Kier molecular flexibility index (Phi) is 6.83. The van der Waals surface area contributed by atoms with E-state index in [1.807, 2.05) is 30.3 Å². The molecule has 158 valence electrons. The zero-order chi connectivity index (χ0) is 21.7. The lowest BCUT2D eigenvalue weighted by Crippen LogP contribution is -2.16. The minimum atomic E-state index is -0.142. The van der Waals surface area contributed by atoms with E-state index in [1.54, 1.807) is 26.4 Å². The highest BCUT2D eigenvalue weighted by Gasteiger charge is 2.16. The molecule has 2 aromatic carbocycles. The molecule has 0 bridgehead atoms. The van der Waals surface area contributed by atoms with Crippen molar-refractivity contribution < 1.29 is 14.3 Å². The fourth-order valence-corrected chi connectivity index (χ4v) is 3.51. The molecule has 1 aromatic heterocycles. The van der Waals surface area contributed by atoms with Gasteiger partial charge in [-0.15, -0.1) is 10.2 Å². The zero-order valence-corrected chi connectivity index (χ0v) is 18.2. The standard InChI is InChI=1S/C21H25N5O3S/c1-13(2)14-6-5-7-16(10-14)23-19(27)12-30-21-25-24-20(26(21)22)15-8-9-17(28-3)18(11-15)29-4/h5-11,13H,12,22H2,1-4H3,(H,23,27). The number of benzene rings is 2. The average Bonchev–Trinajstić information content (AvgIpc) is 3.12. The van der Waals surface area contributed by atoms with E-state index in [1.165, 1.54) is 22.0 Å². The fraction of sp³-hybridized carbons (Fsp3) is 0.286. The van der Waals surface area contributed by atoms with Gasteiger partial charge in [0.05, 0.1) is 20.0 Å². The predicted molar refractivity (Wildman–Crippen MR) is 119 cm³/mol. The molecule has 0 spiro atoms. The van der Waals surface area contributed by atoms with Crippen LogP contribution >= 0.6 is 11.8 Å². The number of ether oxygens (including phenoxy) is 2. The smallest absolute Gasteiger partial charge is 0.234 e. The molecule has 0 aliphatic carbocycles. The third-order valence-corrected chi connectivity index (χ3v) is 5.42. The highest BCUT2D eigenvalue weighted by atomic mass is 32.2. The quantitative estimate of drug-likeness (QED) is 0.418. The lowest BCUT2D eigenvalue weighted by molar-refractivity contribution is -0.113. The van der Waals surface area contributed by atoms with Crippen molar-refractivity contribution in [2.24, 2.45) is 0 Å². The molecule has 3 N–H and O–H groups in total. The summed E-state index contributed by atoms with van der Waals surface area (Å²) in [5, 5.41) is 11.6. The van der Waals surface area contributed by atoms with E-state index in [4.69, 9.17) is 15.3 Å². The molecule has 1 amide bonds. The number of aromatic nitrogens is 3. The molecule has 0 saturated carbocycles. The van der Waals surface area contributed by atoms with Crippen molar-refractivity contribution in [1.29, 1.82) is 0 Å². The van der Waals surface area contributed by atoms with Crippen molar-refractivity contribution >= 4 is 23.4 Å². The number of amides is 1. The summed E-state index contributed by atoms with van der Waals surface area (Å²) in [4.78, 5) is 12.3. The van der Waals surface area contributed by atoms with Crippen molar-refractivity contribution in [3.05, 3.63) is 48.0 Å². The number of rotatable bonds is 8. The largest absolute Gasteiger partial charge is 0.493 e. The first-order valence-electron chi connectivity index (χ1n) is 9.38. The van der Waals surface area contributed by atoms with Crippen LogP contribution in [0, 0.1) is 0 Å². The molecule has 8 nitrogen and oxygen atoms in total. The number of hydrogen-bond donors (Lipinski definition) is 2. The third kappa shape index (κ3) is 4.85. The number of nitrogens with one attached hydrogen (secondary N) is 1. The molecule has 1 heterocycles. The van der Waals surface area contributed by atoms with Gasteiger partial charge in [0, 0.05) is 11.3 Å². The molecule has 0 atom stereocenters. The van der Waals surface area contributed by atoms with Crippen molar-refractivity contribution in [2.75, 3.05) is 31.1 Å². The van der Waals surface area contributed by atoms with Crippen LogP contribution in [0.3, 0.4) is 0 Å². The first-order valence-corrected chi connectivity index (χ1v) is 10.4. The second-order valence-corrected chi connectivity index (χ2v) is 7.81. The Hall–Kier alpha value is -3.20. The Morgan fingerprint density at radius 2 is 1.90 bits per heavy atom. The molecule has 0 fully saturated rings. The normalized spacial score (nSPS) is 10.8. The molecule has 30 heavy (non-hydrogen) atoms. The maximum atomic E-state index is 12.3. The van der Waals surface area contributed by atoms with Crippen molar-refractivity contribution in [1.82, 2.24) is 14.9 Å². The van der Waals surface area contributed by atoms with Crippen LogP contribution < -0.4 is 20.6 Å². The molecule has 9 heteroatoms. The van der Waals surface area contributed by atoms with Gasteiger partial charge in [0.2, 0.25) is 11.1 Å². The Morgan fingerprint density at radius 1 is 1.13 bits per heavy atom. The van der Waals surface area contributed by atoms with E-state index >= 15 is 0 Å². The van der Waals surface area contributed by atoms with Crippen LogP contribution in [-0.2, 0) is 4.79 Å². The van der Waals surface area contributed by atoms with E-state index in [0.29, 0.717) is 28.4 Å². The lowest BCUT2D eigenvalue weighted by atomic mass is 10.0. The zero-order valence-electron chi connectivity index (χ0n) is 17.4. The first kappa shape index (κ1) is 21.5. The minimum absolute atomic E-state index is 0.142. The van der Waals surface area contributed by atoms with Crippen LogP contribution in [0.4, 0.5) is 5.69 Å². The second kappa shape index (κ2) is 9.53. The first-order chi connectivity index (χ1) is 14.4. The Balaban J connectivity index is 1.67. The molecule has 0 aliphatic heterocycles. The van der Waals surface area contributed by atoms with Crippen LogP contribution in [0.15, 0.2) is 47.6 Å². The summed E-state index contributed by atoms with van der Waals surface area (Å²) in [5.74, 6) is 8.20. The van der Waals surface area contributed by atoms with Gasteiger partial charge in [-0.3, -0.25) is 4.79 Å². The van der Waals surface area contributed by atoms with Gasteiger partial charge in [-0.25, -0.2) is 4.68 Å². The summed E-state index contributed by atoms with van der Waals surface area (Å²) in [6, 6.07) is 13.2. The van der Waals surface area contributed by atoms with Gasteiger partial charge >= 0.3 is 0 Å². The van der Waals surface area contributed by atoms with Crippen molar-refractivity contribution in [3.63, 3.8) is 0 Å². The number of anilines is 1. The van der Waals surface area contributed by atoms with Gasteiger partial charge in [-0.2, -0.15) is 0 Å². The summed E-state index contributed by atoms with van der Waals surface area (Å²) in [7, 11) is 3.13. The Bertz CT molecular complexity index is 1040. The van der Waals surface area contributed by atoms with Crippen LogP contribution in [0.5, 0.6) is 11.5 Å². The number of nitrogen functional groups attached to an aromatic ring is 1. The maximum Gasteiger partial charge on any atom is 0.234 e. The summed E-state index contributed by atoms with van der Waals surface area (Å²) in [5.41, 5.74) is 2.66. The van der Waals surface area contributed by atoms with E-state index in [0.717, 1.165) is 11.3 Å². The number of methoxy groups -OCH3 is 2. The highest BCUT2D eigenvalue weighted by Crippen LogP contribution is 2.32. The van der Waals surface area contributed by atoms with Gasteiger partial charge in [0.15, 0.2) is 17.3 Å². The van der Waals surface area contributed by atoms with Gasteiger partial charge in [-0.05, 0) is 41.8 Å². The molecule has 0 unspecified atom stereocenters. The van der Waals surface area contributed by atoms with Gasteiger partial charge in [0.25, 0.3) is 0 Å². The topological polar surface area (TPSA) is 104 Å². The molecular weight excluding hydrogens is 402 g/mol. The van der Waals surface area contributed by atoms with Gasteiger partial charge in [0.1, 0.15) is 0 Å². The maximum absolute atomic E-state index is 12.3. The molecule has 3 aromatic rings. The number of carbonyl (C=O) groups excluding carboxylic acids is 1. The van der Waals surface area contributed by atoms with E-state index in [2.05, 4.69) is 29.4 Å². The van der Waals surface area contributed by atoms with Gasteiger partial charge < -0.3 is 20.6 Å². The predicted octanol–water partition coefficient (Wildman–Crippen LogP) is 3.53. The minimum Gasteiger partial charge on any atom is -0.493 e. The fourth-order valence-electron chi connectivity index (χ4n) is 2.85. The van der Waals surface area contributed by atoms with E-state index < -0.39 is 0 Å². The Labute approximate surface area is 179 Å². The Morgan fingerprint density at radius 3 is 2.60 bits per heavy atom. The molecule has 0 aliphatic rings. The number of nitrogens with two attached hydrogens (primary N) is 1. The number of carbonyl (C=O) groups is 1. The SMILES string of the molecule is COc1ccc(-c2nnc(SCC(=O)Nc3cccc(C(C)C)c3)n2N)cc1OC. The van der Waals surface area contributed by atoms with Gasteiger partial charge in [-0.1, -0.05) is 37.7 Å². The summed E-state index contributed by atoms with van der Waals surface area (Å²) >= 11 is 1.21. The number of nitrogens with zero attached hydrogens (tertiary/aromatic N) is 3. The molecule has 0 radical (unpaired) electrons. The summed E-state index contributed by atoms with van der Waals surface area (Å²) in [6.45, 7) is 4.22. The molecular formula is C21H25N5O3S. The van der Waals surface area contributed by atoms with Crippen molar-refractivity contribution in [2.45, 2.75) is 24.9 Å². The lowest BCUT2D eigenvalue weighted by Gasteiger charge is -2.10.